The van der Waals surface area contributed by atoms with Gasteiger partial charge in [-0.15, -0.1) is 6.58 Å². The van der Waals surface area contributed by atoms with Crippen molar-refractivity contribution in [1.82, 2.24) is 5.32 Å². The third-order valence-electron chi connectivity index (χ3n) is 0.935. The van der Waals surface area contributed by atoms with Crippen LogP contribution in [0.3, 0.4) is 0 Å². The molecule has 0 saturated carbocycles. The summed E-state index contributed by atoms with van der Waals surface area (Å²) in [5.41, 5.74) is 0. The molecule has 2 N–H and O–H groups in total. The van der Waals surface area contributed by atoms with Gasteiger partial charge in [0.2, 0.25) is 0 Å². The molecule has 0 aromatic carbocycles. The number of carboxylic acids is 1. The molecule has 64 valence electrons. The van der Waals surface area contributed by atoms with E-state index in [0.29, 0.717) is 0 Å². The topological polar surface area (TPSA) is 49.3 Å². The van der Waals surface area contributed by atoms with Crippen LogP contribution < -0.4 is 5.32 Å². The number of carboxylic acid groups (broad SMARTS) is 1. The molecular weight excluding hydrogens is 162 g/mol. The van der Waals surface area contributed by atoms with Crippen LogP contribution in [-0.2, 0) is 4.79 Å². The average Bonchev–Trinajstić information content (AvgIpc) is 1.96. The molecule has 0 aliphatic rings. The largest absolute Gasteiger partial charge is 0.480 e. The van der Waals surface area contributed by atoms with Crippen molar-refractivity contribution in [2.75, 3.05) is 24.6 Å². The third-order valence-corrected chi connectivity index (χ3v) is 1.90. The van der Waals surface area contributed by atoms with E-state index < -0.39 is 5.97 Å². The summed E-state index contributed by atoms with van der Waals surface area (Å²) >= 11 is 1.73. The lowest BCUT2D eigenvalue weighted by Crippen LogP contribution is -2.24. The Hall–Kier alpha value is -0.480. The maximum absolute atomic E-state index is 10.0. The van der Waals surface area contributed by atoms with E-state index in [2.05, 4.69) is 11.9 Å². The molecule has 0 aliphatic carbocycles. The van der Waals surface area contributed by atoms with Gasteiger partial charge in [0.05, 0.1) is 6.54 Å². The second-order valence-electron chi connectivity index (χ2n) is 1.93. The summed E-state index contributed by atoms with van der Waals surface area (Å²) in [6.45, 7) is 4.36. The van der Waals surface area contributed by atoms with Crippen LogP contribution in [-0.4, -0.2) is 35.7 Å². The summed E-state index contributed by atoms with van der Waals surface area (Å²) in [7, 11) is 0. The van der Waals surface area contributed by atoms with Gasteiger partial charge in [-0.2, -0.15) is 11.8 Å². The van der Waals surface area contributed by atoms with Crippen molar-refractivity contribution < 1.29 is 9.90 Å². The molecule has 0 atom stereocenters. The zero-order valence-corrected chi connectivity index (χ0v) is 7.19. The van der Waals surface area contributed by atoms with Gasteiger partial charge in [0.15, 0.2) is 0 Å². The van der Waals surface area contributed by atoms with Gasteiger partial charge in [-0.1, -0.05) is 6.08 Å². The normalized spacial score (nSPS) is 9.45. The Morgan fingerprint density at radius 3 is 3.00 bits per heavy atom. The molecule has 0 heterocycles. The Morgan fingerprint density at radius 2 is 2.45 bits per heavy atom. The molecule has 0 spiro atoms. The van der Waals surface area contributed by atoms with Crippen LogP contribution in [0.4, 0.5) is 0 Å². The lowest BCUT2D eigenvalue weighted by atomic mass is 10.6. The Morgan fingerprint density at radius 1 is 1.73 bits per heavy atom. The maximum Gasteiger partial charge on any atom is 0.317 e. The van der Waals surface area contributed by atoms with Crippen molar-refractivity contribution >= 4 is 17.7 Å². The molecule has 4 heteroatoms. The van der Waals surface area contributed by atoms with Crippen LogP contribution in [0.5, 0.6) is 0 Å². The number of hydrogen-bond donors (Lipinski definition) is 2. The highest BCUT2D eigenvalue weighted by Gasteiger charge is 1.93. The van der Waals surface area contributed by atoms with Crippen LogP contribution in [0, 0.1) is 0 Å². The minimum Gasteiger partial charge on any atom is -0.480 e. The smallest absolute Gasteiger partial charge is 0.317 e. The molecule has 0 rings (SSSR count). The second kappa shape index (κ2) is 7.63. The van der Waals surface area contributed by atoms with Gasteiger partial charge in [0.25, 0.3) is 0 Å². The monoisotopic (exact) mass is 175 g/mol. The molecule has 0 radical (unpaired) electrons. The van der Waals surface area contributed by atoms with Crippen molar-refractivity contribution in [3.05, 3.63) is 12.7 Å². The van der Waals surface area contributed by atoms with Gasteiger partial charge in [-0.25, -0.2) is 0 Å². The zero-order valence-electron chi connectivity index (χ0n) is 6.38. The van der Waals surface area contributed by atoms with E-state index in [1.165, 1.54) is 0 Å². The van der Waals surface area contributed by atoms with E-state index in [1.807, 2.05) is 6.08 Å². The summed E-state index contributed by atoms with van der Waals surface area (Å²) < 4.78 is 0. The second-order valence-corrected chi connectivity index (χ2v) is 3.08. The van der Waals surface area contributed by atoms with Crippen LogP contribution in [0.1, 0.15) is 0 Å². The van der Waals surface area contributed by atoms with Crippen LogP contribution in [0.25, 0.3) is 0 Å². The van der Waals surface area contributed by atoms with E-state index >= 15 is 0 Å². The lowest BCUT2D eigenvalue weighted by molar-refractivity contribution is -0.135. The van der Waals surface area contributed by atoms with Gasteiger partial charge in [-0.05, 0) is 0 Å². The van der Waals surface area contributed by atoms with Gasteiger partial charge in [0, 0.05) is 18.1 Å². The van der Waals surface area contributed by atoms with Crippen molar-refractivity contribution in [2.24, 2.45) is 0 Å². The first kappa shape index (κ1) is 10.5. The average molecular weight is 175 g/mol. The first-order valence-electron chi connectivity index (χ1n) is 3.38. The predicted octanol–water partition coefficient (Wildman–Crippen LogP) is 0.580. The Bertz CT molecular complexity index is 128. The molecule has 0 amide bonds. The molecule has 0 aromatic rings. The number of rotatable bonds is 7. The Labute approximate surface area is 70.9 Å². The van der Waals surface area contributed by atoms with E-state index in [9.17, 15) is 4.79 Å². The van der Waals surface area contributed by atoms with E-state index in [0.717, 1.165) is 18.1 Å². The fourth-order valence-corrected chi connectivity index (χ4v) is 1.13. The number of thioether (sulfide) groups is 1. The molecule has 0 bridgehead atoms. The SMILES string of the molecule is C=CCSCCNCC(=O)O. The molecule has 0 unspecified atom stereocenters. The number of carbonyl (C=O) groups is 1. The molecule has 11 heavy (non-hydrogen) atoms. The molecule has 0 aliphatic heterocycles. The fraction of sp³-hybridized carbons (Fsp3) is 0.571. The zero-order chi connectivity index (χ0) is 8.53. The predicted molar refractivity (Wildman–Crippen MR) is 48.0 cm³/mol. The van der Waals surface area contributed by atoms with Gasteiger partial charge < -0.3 is 10.4 Å². The standard InChI is InChI=1S/C7H13NO2S/c1-2-4-11-5-3-8-6-7(9)10/h2,8H,1,3-6H2,(H,9,10). The first-order chi connectivity index (χ1) is 5.27. The minimum absolute atomic E-state index is 0.0502. The fourth-order valence-electron chi connectivity index (χ4n) is 0.506. The highest BCUT2D eigenvalue weighted by Crippen LogP contribution is 1.96. The Balaban J connectivity index is 2.90. The number of hydrogen-bond acceptors (Lipinski definition) is 3. The third kappa shape index (κ3) is 9.52. The van der Waals surface area contributed by atoms with Gasteiger partial charge >= 0.3 is 5.97 Å². The summed E-state index contributed by atoms with van der Waals surface area (Å²) in [6, 6.07) is 0. The van der Waals surface area contributed by atoms with E-state index in [-0.39, 0.29) is 6.54 Å². The quantitative estimate of drug-likeness (QED) is 0.439. The highest BCUT2D eigenvalue weighted by atomic mass is 32.2. The summed E-state index contributed by atoms with van der Waals surface area (Å²) in [6.07, 6.45) is 1.84. The lowest BCUT2D eigenvalue weighted by Gasteiger charge is -1.98. The van der Waals surface area contributed by atoms with E-state index in [1.54, 1.807) is 11.8 Å². The van der Waals surface area contributed by atoms with Gasteiger partial charge in [0.1, 0.15) is 0 Å². The number of aliphatic carboxylic acids is 1. The van der Waals surface area contributed by atoms with Crippen LogP contribution in [0.2, 0.25) is 0 Å². The number of nitrogens with one attached hydrogen (secondary N) is 1. The Kier molecular flexibility index (Phi) is 7.29. The molecular formula is C7H13NO2S. The minimum atomic E-state index is -0.807. The van der Waals surface area contributed by atoms with Crippen LogP contribution in [0.15, 0.2) is 12.7 Å². The van der Waals surface area contributed by atoms with Crippen LogP contribution >= 0.6 is 11.8 Å². The summed E-state index contributed by atoms with van der Waals surface area (Å²) in [5, 5.41) is 11.0. The first-order valence-corrected chi connectivity index (χ1v) is 4.54. The van der Waals surface area contributed by atoms with E-state index in [4.69, 9.17) is 5.11 Å². The van der Waals surface area contributed by atoms with Crippen molar-refractivity contribution in [2.45, 2.75) is 0 Å². The molecule has 3 nitrogen and oxygen atoms in total. The summed E-state index contributed by atoms with van der Waals surface area (Å²) in [5.74, 6) is 1.05. The van der Waals surface area contributed by atoms with Crippen molar-refractivity contribution in [3.63, 3.8) is 0 Å². The molecule has 0 fully saturated rings. The van der Waals surface area contributed by atoms with Gasteiger partial charge in [-0.3, -0.25) is 4.79 Å². The molecule has 0 saturated heterocycles. The maximum atomic E-state index is 10.0. The van der Waals surface area contributed by atoms with Crippen molar-refractivity contribution in [1.29, 1.82) is 0 Å². The molecule has 0 aromatic heterocycles. The highest BCUT2D eigenvalue weighted by molar-refractivity contribution is 7.99. The van der Waals surface area contributed by atoms with Crippen molar-refractivity contribution in [3.8, 4) is 0 Å². The summed E-state index contributed by atoms with van der Waals surface area (Å²) in [4.78, 5) is 10.0.